The molecule has 1 saturated heterocycles. The molecule has 1 unspecified atom stereocenters. The van der Waals surface area contributed by atoms with Gasteiger partial charge in [-0.05, 0) is 31.6 Å². The monoisotopic (exact) mass is 238 g/mol. The molecule has 0 amide bonds. The van der Waals surface area contributed by atoms with Crippen molar-refractivity contribution in [3.63, 3.8) is 0 Å². The normalized spacial score (nSPS) is 29.2. The molecule has 4 heteroatoms. The molecule has 1 atom stereocenters. The highest BCUT2D eigenvalue weighted by Crippen LogP contribution is 2.43. The number of hydrogen-bond acceptors (Lipinski definition) is 4. The first-order valence-corrected chi connectivity index (χ1v) is 7.25. The summed E-state index contributed by atoms with van der Waals surface area (Å²) < 4.78 is 5.18. The van der Waals surface area contributed by atoms with Gasteiger partial charge < -0.3 is 4.74 Å². The summed E-state index contributed by atoms with van der Waals surface area (Å²) in [6.07, 6.45) is 4.98. The molecule has 2 saturated carbocycles. The minimum Gasteiger partial charge on any atom is -0.379 e. The van der Waals surface area contributed by atoms with Crippen LogP contribution in [0.15, 0.2) is 0 Å². The van der Waals surface area contributed by atoms with Gasteiger partial charge in [-0.25, -0.2) is 0 Å². The van der Waals surface area contributed by atoms with Gasteiger partial charge in [0.2, 0.25) is 0 Å². The van der Waals surface area contributed by atoms with Crippen molar-refractivity contribution < 1.29 is 4.74 Å². The van der Waals surface area contributed by atoms with Crippen LogP contribution in [-0.2, 0) is 4.74 Å². The van der Waals surface area contributed by atoms with Crippen molar-refractivity contribution in [2.75, 3.05) is 19.0 Å². The van der Waals surface area contributed by atoms with Crippen LogP contribution in [0.3, 0.4) is 0 Å². The zero-order chi connectivity index (χ0) is 11.0. The molecule has 3 rings (SSSR count). The molecule has 3 fully saturated rings. The fraction of sp³-hybridized carbons (Fsp3) is 0.917. The third-order valence-electron chi connectivity index (χ3n) is 3.67. The zero-order valence-corrected chi connectivity index (χ0v) is 10.3. The van der Waals surface area contributed by atoms with E-state index in [0.717, 1.165) is 19.0 Å². The molecule has 0 aromatic carbocycles. The standard InChI is InChI=1S/C12H18N2OS/c13-7-12(9-1-2-9,14-10-3-4-10)8-16-11-5-15-6-11/h9-11,14H,1-6,8H2. The van der Waals surface area contributed by atoms with Crippen LogP contribution < -0.4 is 5.32 Å². The van der Waals surface area contributed by atoms with Crippen LogP contribution in [0.4, 0.5) is 0 Å². The maximum absolute atomic E-state index is 9.51. The number of nitrogens with one attached hydrogen (secondary N) is 1. The van der Waals surface area contributed by atoms with Gasteiger partial charge >= 0.3 is 0 Å². The second kappa shape index (κ2) is 4.21. The van der Waals surface area contributed by atoms with Crippen molar-refractivity contribution in [3.05, 3.63) is 0 Å². The van der Waals surface area contributed by atoms with Crippen LogP contribution in [-0.4, -0.2) is 35.8 Å². The molecule has 1 N–H and O–H groups in total. The Bertz CT molecular complexity index is 305. The van der Waals surface area contributed by atoms with E-state index in [9.17, 15) is 5.26 Å². The molecule has 16 heavy (non-hydrogen) atoms. The number of thioether (sulfide) groups is 1. The molecule has 88 valence electrons. The van der Waals surface area contributed by atoms with E-state index in [1.54, 1.807) is 0 Å². The van der Waals surface area contributed by atoms with Crippen LogP contribution in [0.25, 0.3) is 0 Å². The molecule has 1 heterocycles. The van der Waals surface area contributed by atoms with Crippen LogP contribution in [0.5, 0.6) is 0 Å². The molecule has 1 aliphatic heterocycles. The second-order valence-electron chi connectivity index (χ2n) is 5.25. The molecule has 0 radical (unpaired) electrons. The summed E-state index contributed by atoms with van der Waals surface area (Å²) in [6, 6.07) is 3.20. The summed E-state index contributed by atoms with van der Waals surface area (Å²) in [6.45, 7) is 1.75. The largest absolute Gasteiger partial charge is 0.379 e. The van der Waals surface area contributed by atoms with Crippen LogP contribution in [0, 0.1) is 17.2 Å². The van der Waals surface area contributed by atoms with Gasteiger partial charge in [-0.2, -0.15) is 17.0 Å². The maximum atomic E-state index is 9.51. The van der Waals surface area contributed by atoms with Gasteiger partial charge in [0.05, 0.1) is 24.5 Å². The van der Waals surface area contributed by atoms with Gasteiger partial charge in [0, 0.05) is 11.8 Å². The zero-order valence-electron chi connectivity index (χ0n) is 9.45. The number of rotatable bonds is 6. The number of ether oxygens (including phenoxy) is 1. The SMILES string of the molecule is N#CC(CSC1COC1)(NC1CC1)C1CC1. The molecule has 2 aliphatic carbocycles. The number of nitriles is 1. The highest BCUT2D eigenvalue weighted by Gasteiger charge is 2.48. The molecular weight excluding hydrogens is 220 g/mol. The van der Waals surface area contributed by atoms with Gasteiger partial charge in [0.25, 0.3) is 0 Å². The van der Waals surface area contributed by atoms with E-state index in [2.05, 4.69) is 11.4 Å². The van der Waals surface area contributed by atoms with Crippen LogP contribution >= 0.6 is 11.8 Å². The van der Waals surface area contributed by atoms with Gasteiger partial charge in [-0.1, -0.05) is 0 Å². The molecule has 3 aliphatic rings. The van der Waals surface area contributed by atoms with Crippen molar-refractivity contribution >= 4 is 11.8 Å². The molecule has 0 aromatic rings. The Hall–Kier alpha value is -0.240. The van der Waals surface area contributed by atoms with Gasteiger partial charge in [0.1, 0.15) is 5.54 Å². The fourth-order valence-electron chi connectivity index (χ4n) is 2.16. The molecule has 3 nitrogen and oxygen atoms in total. The van der Waals surface area contributed by atoms with Gasteiger partial charge in [-0.3, -0.25) is 5.32 Å². The van der Waals surface area contributed by atoms with E-state index < -0.39 is 0 Å². The topological polar surface area (TPSA) is 45.0 Å². The van der Waals surface area contributed by atoms with Gasteiger partial charge in [0.15, 0.2) is 0 Å². The first-order chi connectivity index (χ1) is 7.82. The lowest BCUT2D eigenvalue weighted by Crippen LogP contribution is -2.50. The van der Waals surface area contributed by atoms with E-state index in [0.29, 0.717) is 17.2 Å². The lowest BCUT2D eigenvalue weighted by atomic mass is 9.97. The van der Waals surface area contributed by atoms with E-state index in [4.69, 9.17) is 4.74 Å². The molecule has 0 bridgehead atoms. The molecule has 0 aromatic heterocycles. The average molecular weight is 238 g/mol. The predicted molar refractivity (Wildman–Crippen MR) is 64.3 cm³/mol. The average Bonchev–Trinajstić information content (AvgIpc) is 3.06. The summed E-state index contributed by atoms with van der Waals surface area (Å²) in [7, 11) is 0. The van der Waals surface area contributed by atoms with Crippen molar-refractivity contribution in [2.24, 2.45) is 5.92 Å². The Morgan fingerprint density at radius 3 is 2.50 bits per heavy atom. The van der Waals surface area contributed by atoms with Crippen LogP contribution in [0.1, 0.15) is 25.7 Å². The quantitative estimate of drug-likeness (QED) is 0.762. The Morgan fingerprint density at radius 2 is 2.06 bits per heavy atom. The minimum absolute atomic E-state index is 0.235. The Balaban J connectivity index is 1.59. The first-order valence-electron chi connectivity index (χ1n) is 6.21. The predicted octanol–water partition coefficient (Wildman–Crippen LogP) is 1.54. The maximum Gasteiger partial charge on any atom is 0.118 e. The van der Waals surface area contributed by atoms with Crippen molar-refractivity contribution in [3.8, 4) is 6.07 Å². The van der Waals surface area contributed by atoms with Crippen molar-refractivity contribution in [2.45, 2.75) is 42.5 Å². The Labute approximate surface area is 101 Å². The minimum atomic E-state index is -0.235. The highest BCUT2D eigenvalue weighted by molar-refractivity contribution is 8.00. The third-order valence-corrected chi connectivity index (χ3v) is 5.03. The van der Waals surface area contributed by atoms with Crippen LogP contribution in [0.2, 0.25) is 0 Å². The lowest BCUT2D eigenvalue weighted by molar-refractivity contribution is 0.0454. The Morgan fingerprint density at radius 1 is 1.31 bits per heavy atom. The molecular formula is C12H18N2OS. The smallest absolute Gasteiger partial charge is 0.118 e. The summed E-state index contributed by atoms with van der Waals surface area (Å²) in [5, 5.41) is 13.7. The van der Waals surface area contributed by atoms with E-state index >= 15 is 0 Å². The lowest BCUT2D eigenvalue weighted by Gasteiger charge is -2.32. The Kier molecular flexibility index (Phi) is 2.87. The van der Waals surface area contributed by atoms with Crippen molar-refractivity contribution in [1.29, 1.82) is 5.26 Å². The number of hydrogen-bond donors (Lipinski definition) is 1. The van der Waals surface area contributed by atoms with Crippen molar-refractivity contribution in [1.82, 2.24) is 5.32 Å². The van der Waals surface area contributed by atoms with E-state index in [1.165, 1.54) is 25.7 Å². The third kappa shape index (κ3) is 2.22. The summed E-state index contributed by atoms with van der Waals surface area (Å²) >= 11 is 1.92. The fourth-order valence-corrected chi connectivity index (χ4v) is 3.43. The summed E-state index contributed by atoms with van der Waals surface area (Å²) in [5.74, 6) is 1.55. The van der Waals surface area contributed by atoms with Gasteiger partial charge in [-0.15, -0.1) is 0 Å². The summed E-state index contributed by atoms with van der Waals surface area (Å²) in [5.41, 5.74) is -0.235. The van der Waals surface area contributed by atoms with E-state index in [-0.39, 0.29) is 5.54 Å². The molecule has 0 spiro atoms. The summed E-state index contributed by atoms with van der Waals surface area (Å²) in [4.78, 5) is 0. The number of nitrogens with zero attached hydrogens (tertiary/aromatic N) is 1. The first kappa shape index (κ1) is 10.9. The highest BCUT2D eigenvalue weighted by atomic mass is 32.2. The second-order valence-corrected chi connectivity index (χ2v) is 6.54. The van der Waals surface area contributed by atoms with E-state index in [1.807, 2.05) is 11.8 Å².